The van der Waals surface area contributed by atoms with Crippen molar-refractivity contribution < 1.29 is 4.79 Å². The Morgan fingerprint density at radius 1 is 1.50 bits per heavy atom. The molecule has 0 aliphatic heterocycles. The molecule has 0 unspecified atom stereocenters. The Bertz CT molecular complexity index is 540. The van der Waals surface area contributed by atoms with E-state index in [4.69, 9.17) is 0 Å². The standard InChI is InChI=1S/C13H20N6O/c1-9(8-19-6-4-5-15-19)14-7-12(20)16-13-10(2)17-18-11(13)3/h4-6,9,14H,7-8H2,1-3H3,(H,16,20)(H,17,18)/t9-/m0/s1. The molecule has 3 N–H and O–H groups in total. The van der Waals surface area contributed by atoms with Gasteiger partial charge >= 0.3 is 0 Å². The van der Waals surface area contributed by atoms with Crippen LogP contribution >= 0.6 is 0 Å². The Balaban J connectivity index is 1.78. The molecular formula is C13H20N6O. The van der Waals surface area contributed by atoms with Gasteiger partial charge in [-0.05, 0) is 26.8 Å². The van der Waals surface area contributed by atoms with Gasteiger partial charge in [0, 0.05) is 18.4 Å². The summed E-state index contributed by atoms with van der Waals surface area (Å²) in [4.78, 5) is 11.9. The van der Waals surface area contributed by atoms with Crippen LogP contribution in [0, 0.1) is 13.8 Å². The first-order valence-electron chi connectivity index (χ1n) is 6.58. The Labute approximate surface area is 117 Å². The van der Waals surface area contributed by atoms with E-state index in [1.165, 1.54) is 0 Å². The number of hydrogen-bond acceptors (Lipinski definition) is 4. The molecule has 20 heavy (non-hydrogen) atoms. The molecule has 1 amide bonds. The van der Waals surface area contributed by atoms with Gasteiger partial charge in [0.1, 0.15) is 0 Å². The Morgan fingerprint density at radius 3 is 2.90 bits per heavy atom. The summed E-state index contributed by atoms with van der Waals surface area (Å²) in [5, 5.41) is 17.0. The molecule has 7 nitrogen and oxygen atoms in total. The summed E-state index contributed by atoms with van der Waals surface area (Å²) in [6.45, 7) is 6.73. The van der Waals surface area contributed by atoms with Crippen molar-refractivity contribution in [3.8, 4) is 0 Å². The Hall–Kier alpha value is -2.15. The highest BCUT2D eigenvalue weighted by atomic mass is 16.1. The van der Waals surface area contributed by atoms with E-state index >= 15 is 0 Å². The van der Waals surface area contributed by atoms with Crippen molar-refractivity contribution in [1.29, 1.82) is 0 Å². The van der Waals surface area contributed by atoms with Crippen LogP contribution in [0.5, 0.6) is 0 Å². The van der Waals surface area contributed by atoms with Crippen LogP contribution in [-0.2, 0) is 11.3 Å². The molecule has 2 heterocycles. The Morgan fingerprint density at radius 2 is 2.30 bits per heavy atom. The highest BCUT2D eigenvalue weighted by Crippen LogP contribution is 2.15. The minimum atomic E-state index is -0.0788. The van der Waals surface area contributed by atoms with Gasteiger partial charge in [-0.1, -0.05) is 0 Å². The lowest BCUT2D eigenvalue weighted by molar-refractivity contribution is -0.115. The molecule has 0 fully saturated rings. The minimum absolute atomic E-state index is 0.0788. The molecule has 108 valence electrons. The van der Waals surface area contributed by atoms with Crippen LogP contribution in [0.25, 0.3) is 0 Å². The first-order valence-corrected chi connectivity index (χ1v) is 6.58. The number of aromatic nitrogens is 4. The van der Waals surface area contributed by atoms with Crippen molar-refractivity contribution in [2.45, 2.75) is 33.4 Å². The quantitative estimate of drug-likeness (QED) is 0.729. The zero-order valence-electron chi connectivity index (χ0n) is 12.0. The SMILES string of the molecule is Cc1n[nH]c(C)c1NC(=O)CN[C@@H](C)Cn1cccn1. The molecule has 0 aliphatic rings. The van der Waals surface area contributed by atoms with Gasteiger partial charge in [-0.3, -0.25) is 14.6 Å². The third-order valence-corrected chi connectivity index (χ3v) is 3.02. The van der Waals surface area contributed by atoms with E-state index < -0.39 is 0 Å². The van der Waals surface area contributed by atoms with E-state index in [-0.39, 0.29) is 18.5 Å². The number of amides is 1. The fourth-order valence-corrected chi connectivity index (χ4v) is 1.94. The topological polar surface area (TPSA) is 87.6 Å². The number of rotatable bonds is 6. The lowest BCUT2D eigenvalue weighted by Crippen LogP contribution is -2.37. The van der Waals surface area contributed by atoms with Crippen molar-refractivity contribution in [2.75, 3.05) is 11.9 Å². The maximum absolute atomic E-state index is 11.9. The molecular weight excluding hydrogens is 256 g/mol. The minimum Gasteiger partial charge on any atom is -0.322 e. The van der Waals surface area contributed by atoms with E-state index in [1.54, 1.807) is 6.20 Å². The molecule has 0 aromatic carbocycles. The summed E-state index contributed by atoms with van der Waals surface area (Å²) >= 11 is 0. The van der Waals surface area contributed by atoms with Crippen molar-refractivity contribution in [1.82, 2.24) is 25.3 Å². The fourth-order valence-electron chi connectivity index (χ4n) is 1.94. The van der Waals surface area contributed by atoms with Gasteiger partial charge in [-0.15, -0.1) is 0 Å². The average molecular weight is 276 g/mol. The monoisotopic (exact) mass is 276 g/mol. The van der Waals surface area contributed by atoms with Crippen LogP contribution in [0.2, 0.25) is 0 Å². The van der Waals surface area contributed by atoms with Crippen LogP contribution in [0.4, 0.5) is 5.69 Å². The van der Waals surface area contributed by atoms with Gasteiger partial charge in [-0.25, -0.2) is 0 Å². The van der Waals surface area contributed by atoms with Crippen molar-refractivity contribution in [3.05, 3.63) is 29.8 Å². The molecule has 0 aliphatic carbocycles. The second-order valence-electron chi connectivity index (χ2n) is 4.87. The molecule has 0 saturated heterocycles. The smallest absolute Gasteiger partial charge is 0.238 e. The number of nitrogens with one attached hydrogen (secondary N) is 3. The van der Waals surface area contributed by atoms with Crippen LogP contribution in [0.1, 0.15) is 18.3 Å². The number of aromatic amines is 1. The van der Waals surface area contributed by atoms with Crippen LogP contribution in [0.3, 0.4) is 0 Å². The predicted octanol–water partition coefficient (Wildman–Crippen LogP) is 0.840. The highest BCUT2D eigenvalue weighted by molar-refractivity contribution is 5.93. The van der Waals surface area contributed by atoms with Gasteiger partial charge in [0.15, 0.2) is 0 Å². The number of anilines is 1. The molecule has 0 bridgehead atoms. The van der Waals surface area contributed by atoms with E-state index in [0.29, 0.717) is 0 Å². The zero-order valence-corrected chi connectivity index (χ0v) is 12.0. The second kappa shape index (κ2) is 6.33. The normalized spacial score (nSPS) is 12.3. The van der Waals surface area contributed by atoms with E-state index in [2.05, 4.69) is 25.9 Å². The summed E-state index contributed by atoms with van der Waals surface area (Å²) < 4.78 is 1.83. The number of H-pyrrole nitrogens is 1. The van der Waals surface area contributed by atoms with E-state index in [0.717, 1.165) is 23.6 Å². The zero-order chi connectivity index (χ0) is 14.5. The third kappa shape index (κ3) is 3.67. The summed E-state index contributed by atoms with van der Waals surface area (Å²) in [6, 6.07) is 2.04. The number of aryl methyl sites for hydroxylation is 2. The average Bonchev–Trinajstić information content (AvgIpc) is 3.01. The largest absolute Gasteiger partial charge is 0.322 e. The lowest BCUT2D eigenvalue weighted by atomic mass is 10.3. The second-order valence-corrected chi connectivity index (χ2v) is 4.87. The molecule has 1 atom stereocenters. The van der Waals surface area contributed by atoms with Crippen molar-refractivity contribution in [2.24, 2.45) is 0 Å². The first kappa shape index (κ1) is 14.3. The van der Waals surface area contributed by atoms with Crippen LogP contribution in [0.15, 0.2) is 18.5 Å². The Kier molecular flexibility index (Phi) is 4.52. The van der Waals surface area contributed by atoms with Gasteiger partial charge in [0.2, 0.25) is 5.91 Å². The molecule has 2 rings (SSSR count). The molecule has 2 aromatic rings. The number of carbonyl (C=O) groups is 1. The number of carbonyl (C=O) groups excluding carboxylic acids is 1. The number of hydrogen-bond donors (Lipinski definition) is 3. The third-order valence-electron chi connectivity index (χ3n) is 3.02. The summed E-state index contributed by atoms with van der Waals surface area (Å²) in [5.41, 5.74) is 2.41. The van der Waals surface area contributed by atoms with Crippen LogP contribution < -0.4 is 10.6 Å². The molecule has 2 aromatic heterocycles. The van der Waals surface area contributed by atoms with Gasteiger partial charge in [0.05, 0.1) is 30.2 Å². The van der Waals surface area contributed by atoms with Gasteiger partial charge in [0.25, 0.3) is 0 Å². The lowest BCUT2D eigenvalue weighted by Gasteiger charge is -2.13. The summed E-state index contributed by atoms with van der Waals surface area (Å²) in [7, 11) is 0. The molecule has 7 heteroatoms. The van der Waals surface area contributed by atoms with Crippen LogP contribution in [-0.4, -0.2) is 38.5 Å². The molecule has 0 saturated carbocycles. The molecule has 0 spiro atoms. The maximum Gasteiger partial charge on any atom is 0.238 e. The fraction of sp³-hybridized carbons (Fsp3) is 0.462. The molecule has 0 radical (unpaired) electrons. The van der Waals surface area contributed by atoms with E-state index in [1.807, 2.05) is 37.7 Å². The summed E-state index contributed by atoms with van der Waals surface area (Å²) in [6.07, 6.45) is 3.64. The van der Waals surface area contributed by atoms with Crippen molar-refractivity contribution >= 4 is 11.6 Å². The number of nitrogens with zero attached hydrogens (tertiary/aromatic N) is 3. The predicted molar refractivity (Wildman–Crippen MR) is 76.4 cm³/mol. The van der Waals surface area contributed by atoms with Gasteiger partial charge in [-0.2, -0.15) is 10.2 Å². The van der Waals surface area contributed by atoms with Crippen molar-refractivity contribution in [3.63, 3.8) is 0 Å². The van der Waals surface area contributed by atoms with Gasteiger partial charge < -0.3 is 10.6 Å². The van der Waals surface area contributed by atoms with E-state index in [9.17, 15) is 4.79 Å². The summed E-state index contributed by atoms with van der Waals surface area (Å²) in [5.74, 6) is -0.0788. The first-order chi connectivity index (χ1) is 9.56. The highest BCUT2D eigenvalue weighted by Gasteiger charge is 2.11. The maximum atomic E-state index is 11.9.